The lowest BCUT2D eigenvalue weighted by molar-refractivity contribution is -0.153. The molecule has 7 nitrogen and oxygen atoms in total. The molecule has 0 bridgehead atoms. The summed E-state index contributed by atoms with van der Waals surface area (Å²) in [5.41, 5.74) is -0.556. The molecular formula is C23H16F7N5O2. The number of halogens is 7. The molecule has 2 heterocycles. The molecule has 2 aromatic carbocycles. The van der Waals surface area contributed by atoms with E-state index in [2.05, 4.69) is 25.2 Å². The summed E-state index contributed by atoms with van der Waals surface area (Å²) in [5.74, 6) is -6.23. The molecule has 4 rings (SSSR count). The molecule has 0 fully saturated rings. The zero-order valence-electron chi connectivity index (χ0n) is 18.4. The summed E-state index contributed by atoms with van der Waals surface area (Å²) in [6.45, 7) is -1.46. The van der Waals surface area contributed by atoms with E-state index in [0.29, 0.717) is 21.9 Å². The highest BCUT2D eigenvalue weighted by Crippen LogP contribution is 2.39. The molecule has 2 atom stereocenters. The van der Waals surface area contributed by atoms with Crippen LogP contribution in [0.4, 0.5) is 30.7 Å². The Morgan fingerprint density at radius 3 is 2.19 bits per heavy atom. The van der Waals surface area contributed by atoms with Gasteiger partial charge in [0.1, 0.15) is 35.4 Å². The molecule has 194 valence electrons. The summed E-state index contributed by atoms with van der Waals surface area (Å²) in [6.07, 6.45) is -5.16. The van der Waals surface area contributed by atoms with Crippen molar-refractivity contribution in [2.75, 3.05) is 6.61 Å². The number of aliphatic hydroxyl groups excluding tert-OH is 1. The van der Waals surface area contributed by atoms with Crippen LogP contribution in [-0.2, 0) is 5.92 Å². The van der Waals surface area contributed by atoms with E-state index in [4.69, 9.17) is 0 Å². The van der Waals surface area contributed by atoms with Gasteiger partial charge in [-0.15, -0.1) is 5.10 Å². The lowest BCUT2D eigenvalue weighted by atomic mass is 9.94. The van der Waals surface area contributed by atoms with Crippen molar-refractivity contribution in [3.8, 4) is 16.9 Å². The van der Waals surface area contributed by atoms with Gasteiger partial charge < -0.3 is 9.84 Å². The number of hydrogen-bond acceptors (Lipinski definition) is 6. The monoisotopic (exact) mass is 527 g/mol. The molecule has 14 heteroatoms. The Hall–Kier alpha value is -4.07. The Kier molecular flexibility index (Phi) is 7.12. The van der Waals surface area contributed by atoms with Gasteiger partial charge in [0, 0.05) is 23.4 Å². The third kappa shape index (κ3) is 5.85. The van der Waals surface area contributed by atoms with E-state index in [-0.39, 0.29) is 5.75 Å². The van der Waals surface area contributed by atoms with E-state index >= 15 is 8.78 Å². The number of ether oxygens (including phenoxy) is 1. The van der Waals surface area contributed by atoms with Gasteiger partial charge in [-0.05, 0) is 40.3 Å². The highest BCUT2D eigenvalue weighted by molar-refractivity contribution is 5.63. The third-order valence-electron chi connectivity index (χ3n) is 5.30. The van der Waals surface area contributed by atoms with Crippen LogP contribution < -0.4 is 4.74 Å². The molecule has 1 N–H and O–H groups in total. The fourth-order valence-electron chi connectivity index (χ4n) is 3.51. The number of tetrazole rings is 1. The minimum Gasteiger partial charge on any atom is -0.484 e. The predicted octanol–water partition coefficient (Wildman–Crippen LogP) is 4.70. The molecule has 0 saturated carbocycles. The molecule has 37 heavy (non-hydrogen) atoms. The molecule has 0 radical (unpaired) electrons. The topological polar surface area (TPSA) is 86.0 Å². The van der Waals surface area contributed by atoms with E-state index in [0.717, 1.165) is 30.7 Å². The van der Waals surface area contributed by atoms with Crippen molar-refractivity contribution < 1.29 is 40.6 Å². The fraction of sp³-hybridized carbons (Fsp3) is 0.217. The maximum absolute atomic E-state index is 15.4. The molecule has 2 aromatic heterocycles. The number of rotatable bonds is 8. The predicted molar refractivity (Wildman–Crippen MR) is 113 cm³/mol. The van der Waals surface area contributed by atoms with Crippen LogP contribution in [0.2, 0.25) is 0 Å². The number of pyridine rings is 1. The number of alkyl halides is 5. The summed E-state index contributed by atoms with van der Waals surface area (Å²) in [6, 6.07) is 7.97. The summed E-state index contributed by atoms with van der Waals surface area (Å²) >= 11 is 0. The van der Waals surface area contributed by atoms with Crippen LogP contribution in [0.15, 0.2) is 67.1 Å². The van der Waals surface area contributed by atoms with Gasteiger partial charge in [-0.1, -0.05) is 24.3 Å². The highest BCUT2D eigenvalue weighted by atomic mass is 19.4. The van der Waals surface area contributed by atoms with Crippen molar-refractivity contribution in [1.29, 1.82) is 0 Å². The maximum atomic E-state index is 15.4. The molecule has 0 aliphatic rings. The first-order valence-corrected chi connectivity index (χ1v) is 10.5. The van der Waals surface area contributed by atoms with E-state index in [1.54, 1.807) is 0 Å². The van der Waals surface area contributed by atoms with Gasteiger partial charge in [0.2, 0.25) is 0 Å². The average Bonchev–Trinajstić information content (AvgIpc) is 3.38. The van der Waals surface area contributed by atoms with Crippen LogP contribution in [0.3, 0.4) is 0 Å². The lowest BCUT2D eigenvalue weighted by Crippen LogP contribution is -2.40. The third-order valence-corrected chi connectivity index (χ3v) is 5.30. The zero-order valence-corrected chi connectivity index (χ0v) is 18.4. The first-order chi connectivity index (χ1) is 17.5. The van der Waals surface area contributed by atoms with Gasteiger partial charge in [-0.2, -0.15) is 22.0 Å². The summed E-state index contributed by atoms with van der Waals surface area (Å²) in [4.78, 5) is 3.73. The van der Waals surface area contributed by atoms with Crippen LogP contribution in [0.25, 0.3) is 11.1 Å². The minimum atomic E-state index is -4.50. The smallest absolute Gasteiger partial charge is 0.422 e. The molecular weight excluding hydrogens is 511 g/mol. The van der Waals surface area contributed by atoms with Crippen LogP contribution in [0.1, 0.15) is 17.3 Å². The highest BCUT2D eigenvalue weighted by Gasteiger charge is 2.48. The molecule has 0 saturated heterocycles. The first-order valence-electron chi connectivity index (χ1n) is 10.5. The molecule has 0 spiro atoms. The van der Waals surface area contributed by atoms with Crippen molar-refractivity contribution in [3.05, 3.63) is 90.0 Å². The van der Waals surface area contributed by atoms with Gasteiger partial charge in [0.25, 0.3) is 0 Å². The van der Waals surface area contributed by atoms with Crippen molar-refractivity contribution in [1.82, 2.24) is 25.2 Å². The first kappa shape index (κ1) is 26.0. The Bertz CT molecular complexity index is 1330. The number of aliphatic hydroxyl groups is 1. The number of hydrogen-bond donors (Lipinski definition) is 1. The number of nitrogens with zero attached hydrogens (tertiary/aromatic N) is 5. The van der Waals surface area contributed by atoms with Crippen molar-refractivity contribution in [2.24, 2.45) is 0 Å². The molecule has 0 amide bonds. The Morgan fingerprint density at radius 2 is 1.62 bits per heavy atom. The van der Waals surface area contributed by atoms with Gasteiger partial charge >= 0.3 is 12.1 Å². The van der Waals surface area contributed by atoms with E-state index in [9.17, 15) is 27.1 Å². The van der Waals surface area contributed by atoms with Crippen LogP contribution in [0.5, 0.6) is 5.75 Å². The largest absolute Gasteiger partial charge is 0.484 e. The maximum Gasteiger partial charge on any atom is 0.422 e. The molecule has 4 aromatic rings. The normalized spacial score (nSPS) is 13.8. The second-order valence-electron chi connectivity index (χ2n) is 7.83. The van der Waals surface area contributed by atoms with E-state index < -0.39 is 53.7 Å². The Morgan fingerprint density at radius 1 is 0.919 bits per heavy atom. The molecule has 2 unspecified atom stereocenters. The van der Waals surface area contributed by atoms with Crippen molar-refractivity contribution in [2.45, 2.75) is 24.2 Å². The number of benzene rings is 2. The number of aromatic nitrogens is 5. The second-order valence-corrected chi connectivity index (χ2v) is 7.83. The van der Waals surface area contributed by atoms with Crippen molar-refractivity contribution in [3.63, 3.8) is 0 Å². The summed E-state index contributed by atoms with van der Waals surface area (Å²) in [5, 5.41) is 20.8. The second kappa shape index (κ2) is 10.1. The van der Waals surface area contributed by atoms with Crippen LogP contribution in [-0.4, -0.2) is 49.2 Å². The summed E-state index contributed by atoms with van der Waals surface area (Å²) < 4.78 is 101. The van der Waals surface area contributed by atoms with Gasteiger partial charge in [0.15, 0.2) is 12.7 Å². The fourth-order valence-corrected chi connectivity index (χ4v) is 3.51. The Balaban J connectivity index is 1.58. The van der Waals surface area contributed by atoms with Crippen molar-refractivity contribution >= 4 is 0 Å². The van der Waals surface area contributed by atoms with Crippen LogP contribution >= 0.6 is 0 Å². The van der Waals surface area contributed by atoms with Crippen LogP contribution in [0, 0.1) is 11.6 Å². The average molecular weight is 527 g/mol. The van der Waals surface area contributed by atoms with E-state index in [1.165, 1.54) is 30.3 Å². The molecule has 0 aliphatic heterocycles. The Labute approximate surface area is 204 Å². The summed E-state index contributed by atoms with van der Waals surface area (Å²) in [7, 11) is 0. The zero-order chi connectivity index (χ0) is 26.8. The molecule has 0 aliphatic carbocycles. The minimum absolute atomic E-state index is 0.0398. The quantitative estimate of drug-likeness (QED) is 0.335. The standard InChI is InChI=1S/C23H16F7N5O2/c24-15-4-7-17(18(25)9-15)20(35-12-32-33-34-35)21(36)23(29,30)19-8-3-14(10-31-19)13-1-5-16(6-2-13)37-11-22(26,27)28/h1-10,12,20-21,36H,11H2. The SMILES string of the molecule is OC(C(c1ccc(F)cc1F)n1cnnn1)C(F)(F)c1ccc(-c2ccc(OCC(F)(F)F)cc2)cn1. The van der Waals surface area contributed by atoms with Gasteiger partial charge in [-0.3, -0.25) is 4.98 Å². The van der Waals surface area contributed by atoms with Gasteiger partial charge in [0.05, 0.1) is 0 Å². The van der Waals surface area contributed by atoms with Gasteiger partial charge in [-0.25, -0.2) is 13.5 Å². The van der Waals surface area contributed by atoms with E-state index in [1.807, 2.05) is 0 Å². The lowest BCUT2D eigenvalue weighted by Gasteiger charge is -2.29.